The molecule has 0 aromatic carbocycles. The van der Waals surface area contributed by atoms with Crippen LogP contribution >= 0.6 is 0 Å². The topological polar surface area (TPSA) is 41.5 Å². The monoisotopic (exact) mass is 152 g/mol. The Morgan fingerprint density at radius 3 is 2.64 bits per heavy atom. The lowest BCUT2D eigenvalue weighted by molar-refractivity contribution is -0.114. The standard InChI is InChI=1S/C8H12N2O/c1-4-7(9-5-2)8(11)10-6-3/h4-5H,1-2,6H2,3H3,(H,10,11). The van der Waals surface area contributed by atoms with E-state index in [2.05, 4.69) is 23.5 Å². The third-order valence-corrected chi connectivity index (χ3v) is 0.994. The van der Waals surface area contributed by atoms with E-state index in [1.807, 2.05) is 6.92 Å². The molecule has 1 amide bonds. The molecule has 0 unspecified atom stereocenters. The Bertz CT molecular complexity index is 194. The Kier molecular flexibility index (Phi) is 4.73. The number of carbonyl (C=O) groups excluding carboxylic acids is 1. The molecule has 1 N–H and O–H groups in total. The van der Waals surface area contributed by atoms with Gasteiger partial charge in [-0.1, -0.05) is 13.2 Å². The van der Waals surface area contributed by atoms with Gasteiger partial charge in [-0.15, -0.1) is 0 Å². The van der Waals surface area contributed by atoms with Gasteiger partial charge in [-0.3, -0.25) is 9.79 Å². The van der Waals surface area contributed by atoms with Crippen molar-refractivity contribution in [2.75, 3.05) is 6.54 Å². The Morgan fingerprint density at radius 2 is 2.27 bits per heavy atom. The van der Waals surface area contributed by atoms with Crippen LogP contribution in [-0.2, 0) is 4.79 Å². The van der Waals surface area contributed by atoms with Gasteiger partial charge in [0.1, 0.15) is 5.71 Å². The molecule has 0 spiro atoms. The van der Waals surface area contributed by atoms with Gasteiger partial charge in [0, 0.05) is 12.7 Å². The van der Waals surface area contributed by atoms with Crippen molar-refractivity contribution in [3.8, 4) is 0 Å². The summed E-state index contributed by atoms with van der Waals surface area (Å²) in [4.78, 5) is 14.7. The Morgan fingerprint density at radius 1 is 1.64 bits per heavy atom. The number of rotatable bonds is 4. The maximum atomic E-state index is 11.0. The minimum Gasteiger partial charge on any atom is -0.351 e. The fourth-order valence-corrected chi connectivity index (χ4v) is 0.553. The van der Waals surface area contributed by atoms with Gasteiger partial charge in [-0.05, 0) is 13.0 Å². The van der Waals surface area contributed by atoms with E-state index in [0.29, 0.717) is 12.3 Å². The van der Waals surface area contributed by atoms with E-state index < -0.39 is 0 Å². The van der Waals surface area contributed by atoms with E-state index in [1.165, 1.54) is 12.3 Å². The molecule has 11 heavy (non-hydrogen) atoms. The lowest BCUT2D eigenvalue weighted by atomic mass is 10.3. The summed E-state index contributed by atoms with van der Waals surface area (Å²) in [7, 11) is 0. The molecule has 0 rings (SSSR count). The van der Waals surface area contributed by atoms with Gasteiger partial charge in [-0.2, -0.15) is 0 Å². The summed E-state index contributed by atoms with van der Waals surface area (Å²) in [5.41, 5.74) is 0.293. The molecule has 0 radical (unpaired) electrons. The molecule has 0 atom stereocenters. The molecule has 3 heteroatoms. The van der Waals surface area contributed by atoms with Crippen LogP contribution in [0.2, 0.25) is 0 Å². The molecule has 0 aliphatic rings. The van der Waals surface area contributed by atoms with Crippen molar-refractivity contribution in [1.82, 2.24) is 5.32 Å². The van der Waals surface area contributed by atoms with Crippen LogP contribution in [0.25, 0.3) is 0 Å². The van der Waals surface area contributed by atoms with E-state index in [-0.39, 0.29) is 5.91 Å². The quantitative estimate of drug-likeness (QED) is 0.597. The summed E-state index contributed by atoms with van der Waals surface area (Å²) < 4.78 is 0. The first-order chi connectivity index (χ1) is 5.26. The zero-order valence-corrected chi connectivity index (χ0v) is 6.63. The number of nitrogens with one attached hydrogen (secondary N) is 1. The normalized spacial score (nSPS) is 10.5. The minimum atomic E-state index is -0.220. The van der Waals surface area contributed by atoms with Crippen molar-refractivity contribution >= 4 is 11.6 Å². The van der Waals surface area contributed by atoms with Gasteiger partial charge in [0.25, 0.3) is 5.91 Å². The zero-order chi connectivity index (χ0) is 8.69. The molecule has 0 aliphatic heterocycles. The highest BCUT2D eigenvalue weighted by molar-refractivity contribution is 6.43. The molecule has 0 fully saturated rings. The van der Waals surface area contributed by atoms with Crippen molar-refractivity contribution < 1.29 is 4.79 Å². The second-order valence-electron chi connectivity index (χ2n) is 1.76. The molecule has 0 saturated heterocycles. The van der Waals surface area contributed by atoms with Crippen LogP contribution in [0.4, 0.5) is 0 Å². The number of aliphatic imine (C=N–C) groups is 1. The van der Waals surface area contributed by atoms with E-state index >= 15 is 0 Å². The fourth-order valence-electron chi connectivity index (χ4n) is 0.553. The van der Waals surface area contributed by atoms with Gasteiger partial charge < -0.3 is 5.32 Å². The molecule has 0 heterocycles. The van der Waals surface area contributed by atoms with Gasteiger partial charge in [0.2, 0.25) is 0 Å². The average Bonchev–Trinajstić information content (AvgIpc) is 2.00. The van der Waals surface area contributed by atoms with Crippen LogP contribution < -0.4 is 5.32 Å². The second-order valence-corrected chi connectivity index (χ2v) is 1.76. The van der Waals surface area contributed by atoms with Crippen molar-refractivity contribution in [2.45, 2.75) is 6.92 Å². The minimum absolute atomic E-state index is 0.220. The summed E-state index contributed by atoms with van der Waals surface area (Å²) in [6.45, 7) is 9.25. The molecule has 0 aliphatic carbocycles. The van der Waals surface area contributed by atoms with Crippen LogP contribution in [0, 0.1) is 0 Å². The van der Waals surface area contributed by atoms with E-state index in [1.54, 1.807) is 0 Å². The Hall–Kier alpha value is -1.38. The highest BCUT2D eigenvalue weighted by atomic mass is 16.1. The second kappa shape index (κ2) is 5.41. The third-order valence-electron chi connectivity index (χ3n) is 0.994. The third kappa shape index (κ3) is 3.35. The van der Waals surface area contributed by atoms with Crippen LogP contribution in [0.3, 0.4) is 0 Å². The first-order valence-corrected chi connectivity index (χ1v) is 3.35. The Labute approximate surface area is 66.5 Å². The zero-order valence-electron chi connectivity index (χ0n) is 6.63. The van der Waals surface area contributed by atoms with Crippen molar-refractivity contribution in [2.24, 2.45) is 4.99 Å². The maximum Gasteiger partial charge on any atom is 0.269 e. The molecule has 3 nitrogen and oxygen atoms in total. The molecular weight excluding hydrogens is 140 g/mol. The van der Waals surface area contributed by atoms with Crippen molar-refractivity contribution in [1.29, 1.82) is 0 Å². The van der Waals surface area contributed by atoms with E-state index in [9.17, 15) is 4.79 Å². The number of carbonyl (C=O) groups is 1. The van der Waals surface area contributed by atoms with Crippen LogP contribution in [-0.4, -0.2) is 18.2 Å². The van der Waals surface area contributed by atoms with Gasteiger partial charge in [-0.25, -0.2) is 0 Å². The van der Waals surface area contributed by atoms with Crippen molar-refractivity contribution in [3.05, 3.63) is 25.4 Å². The number of hydrogen-bond donors (Lipinski definition) is 1. The highest BCUT2D eigenvalue weighted by Gasteiger charge is 2.03. The van der Waals surface area contributed by atoms with Crippen LogP contribution in [0.15, 0.2) is 30.4 Å². The van der Waals surface area contributed by atoms with E-state index in [4.69, 9.17) is 0 Å². The van der Waals surface area contributed by atoms with Crippen LogP contribution in [0.1, 0.15) is 6.92 Å². The summed E-state index contributed by atoms with van der Waals surface area (Å²) in [6.07, 6.45) is 2.71. The highest BCUT2D eigenvalue weighted by Crippen LogP contribution is 1.81. The smallest absolute Gasteiger partial charge is 0.269 e. The first-order valence-electron chi connectivity index (χ1n) is 3.35. The molecule has 0 bridgehead atoms. The first kappa shape index (κ1) is 9.62. The summed E-state index contributed by atoms with van der Waals surface area (Å²) in [5.74, 6) is -0.220. The predicted octanol–water partition coefficient (Wildman–Crippen LogP) is 0.893. The number of hydrogen-bond acceptors (Lipinski definition) is 2. The molecule has 0 aromatic rings. The summed E-state index contributed by atoms with van der Waals surface area (Å²) in [5, 5.41) is 2.59. The lowest BCUT2D eigenvalue weighted by Crippen LogP contribution is -2.29. The number of amides is 1. The fraction of sp³-hybridized carbons (Fsp3) is 0.250. The summed E-state index contributed by atoms with van der Waals surface area (Å²) >= 11 is 0. The van der Waals surface area contributed by atoms with Gasteiger partial charge >= 0.3 is 0 Å². The van der Waals surface area contributed by atoms with Gasteiger partial charge in [0.05, 0.1) is 0 Å². The summed E-state index contributed by atoms with van der Waals surface area (Å²) in [6, 6.07) is 0. The van der Waals surface area contributed by atoms with E-state index in [0.717, 1.165) is 0 Å². The average molecular weight is 152 g/mol. The molecular formula is C8H12N2O. The Balaban J connectivity index is 4.25. The van der Waals surface area contributed by atoms with Gasteiger partial charge in [0.15, 0.2) is 0 Å². The molecule has 60 valence electrons. The SMILES string of the molecule is C=CN=C(C=C)C(=O)NCC. The lowest BCUT2D eigenvalue weighted by Gasteiger charge is -1.98. The van der Waals surface area contributed by atoms with Crippen LogP contribution in [0.5, 0.6) is 0 Å². The largest absolute Gasteiger partial charge is 0.351 e. The molecule has 0 saturated carbocycles. The van der Waals surface area contributed by atoms with Crippen molar-refractivity contribution in [3.63, 3.8) is 0 Å². The maximum absolute atomic E-state index is 11.0. The number of nitrogens with zero attached hydrogens (tertiary/aromatic N) is 1. The molecule has 0 aromatic heterocycles. The predicted molar refractivity (Wildman–Crippen MR) is 46.5 cm³/mol.